The van der Waals surface area contributed by atoms with E-state index in [1.165, 1.54) is 18.3 Å². The summed E-state index contributed by atoms with van der Waals surface area (Å²) < 4.78 is 0.665. The highest BCUT2D eigenvalue weighted by atomic mass is 35.5. The number of carbonyl (C=O) groups is 2. The van der Waals surface area contributed by atoms with E-state index >= 15 is 0 Å². The fourth-order valence-corrected chi connectivity index (χ4v) is 2.28. The molecule has 18 heavy (non-hydrogen) atoms. The lowest BCUT2D eigenvalue weighted by atomic mass is 10.2. The Kier molecular flexibility index (Phi) is 5.43. The lowest BCUT2D eigenvalue weighted by Crippen LogP contribution is -2.40. The quantitative estimate of drug-likeness (QED) is 0.779. The second kappa shape index (κ2) is 6.61. The molecule has 1 aromatic heterocycles. The standard InChI is InChI=1S/C11H15ClN2O3S/c1-6(10(15)16)5-13-11(17)14-7(2)8-3-4-9(12)18-8/h3-4,6-7H,5H2,1-2H3,(H,15,16)(H2,13,14,17). The number of thiophene rings is 1. The van der Waals surface area contributed by atoms with E-state index in [9.17, 15) is 9.59 Å². The average Bonchev–Trinajstić information content (AvgIpc) is 2.72. The Balaban J connectivity index is 2.38. The molecule has 0 saturated carbocycles. The van der Waals surface area contributed by atoms with Crippen molar-refractivity contribution >= 4 is 34.9 Å². The fourth-order valence-electron chi connectivity index (χ4n) is 1.21. The topological polar surface area (TPSA) is 78.4 Å². The highest BCUT2D eigenvalue weighted by Crippen LogP contribution is 2.26. The summed E-state index contributed by atoms with van der Waals surface area (Å²) in [5, 5.41) is 13.9. The van der Waals surface area contributed by atoms with Crippen molar-refractivity contribution in [2.75, 3.05) is 6.54 Å². The van der Waals surface area contributed by atoms with Crippen LogP contribution in [0.25, 0.3) is 0 Å². The van der Waals surface area contributed by atoms with Crippen LogP contribution in [0.15, 0.2) is 12.1 Å². The van der Waals surface area contributed by atoms with Gasteiger partial charge in [0.1, 0.15) is 0 Å². The average molecular weight is 291 g/mol. The van der Waals surface area contributed by atoms with Crippen LogP contribution in [-0.4, -0.2) is 23.7 Å². The first kappa shape index (κ1) is 14.8. The van der Waals surface area contributed by atoms with E-state index in [0.29, 0.717) is 4.34 Å². The maximum atomic E-state index is 11.5. The molecule has 100 valence electrons. The van der Waals surface area contributed by atoms with Gasteiger partial charge in [-0.1, -0.05) is 18.5 Å². The maximum absolute atomic E-state index is 11.5. The molecule has 0 aliphatic carbocycles. The van der Waals surface area contributed by atoms with Gasteiger partial charge in [-0.15, -0.1) is 11.3 Å². The second-order valence-electron chi connectivity index (χ2n) is 3.96. The number of urea groups is 1. The van der Waals surface area contributed by atoms with Gasteiger partial charge in [-0.3, -0.25) is 4.79 Å². The summed E-state index contributed by atoms with van der Waals surface area (Å²) >= 11 is 7.20. The zero-order valence-corrected chi connectivity index (χ0v) is 11.6. The summed E-state index contributed by atoms with van der Waals surface area (Å²) in [7, 11) is 0. The van der Waals surface area contributed by atoms with Crippen LogP contribution in [0.3, 0.4) is 0 Å². The molecule has 7 heteroatoms. The third-order valence-electron chi connectivity index (χ3n) is 2.36. The minimum Gasteiger partial charge on any atom is -0.481 e. The normalized spacial score (nSPS) is 13.7. The second-order valence-corrected chi connectivity index (χ2v) is 5.70. The van der Waals surface area contributed by atoms with E-state index in [-0.39, 0.29) is 18.6 Å². The Morgan fingerprint density at radius 1 is 1.44 bits per heavy atom. The molecule has 0 radical (unpaired) electrons. The molecular weight excluding hydrogens is 276 g/mol. The molecule has 2 atom stereocenters. The first-order chi connectivity index (χ1) is 8.40. The van der Waals surface area contributed by atoms with Crippen molar-refractivity contribution in [3.05, 3.63) is 21.3 Å². The van der Waals surface area contributed by atoms with Gasteiger partial charge in [-0.2, -0.15) is 0 Å². The fraction of sp³-hybridized carbons (Fsp3) is 0.455. The third kappa shape index (κ3) is 4.54. The predicted octanol–water partition coefficient (Wildman–Crippen LogP) is 2.48. The summed E-state index contributed by atoms with van der Waals surface area (Å²) in [5.74, 6) is -1.55. The first-order valence-corrected chi connectivity index (χ1v) is 6.62. The van der Waals surface area contributed by atoms with Crippen LogP contribution in [0.5, 0.6) is 0 Å². The van der Waals surface area contributed by atoms with Crippen LogP contribution in [0.4, 0.5) is 4.79 Å². The Morgan fingerprint density at radius 3 is 2.61 bits per heavy atom. The number of amides is 2. The molecule has 0 aromatic carbocycles. The van der Waals surface area contributed by atoms with Crippen LogP contribution in [0.2, 0.25) is 4.34 Å². The third-order valence-corrected chi connectivity index (χ3v) is 3.77. The molecule has 0 saturated heterocycles. The zero-order chi connectivity index (χ0) is 13.7. The Bertz CT molecular complexity index is 436. The van der Waals surface area contributed by atoms with Gasteiger partial charge >= 0.3 is 12.0 Å². The number of aliphatic carboxylic acids is 1. The highest BCUT2D eigenvalue weighted by Gasteiger charge is 2.14. The Hall–Kier alpha value is -1.27. The van der Waals surface area contributed by atoms with Gasteiger partial charge in [-0.05, 0) is 19.1 Å². The number of hydrogen-bond donors (Lipinski definition) is 3. The predicted molar refractivity (Wildman–Crippen MR) is 71.1 cm³/mol. The van der Waals surface area contributed by atoms with E-state index in [0.717, 1.165) is 4.88 Å². The highest BCUT2D eigenvalue weighted by molar-refractivity contribution is 7.16. The number of hydrogen-bond acceptors (Lipinski definition) is 3. The van der Waals surface area contributed by atoms with E-state index in [1.54, 1.807) is 6.07 Å². The van der Waals surface area contributed by atoms with Crippen molar-refractivity contribution in [1.82, 2.24) is 10.6 Å². The van der Waals surface area contributed by atoms with E-state index in [4.69, 9.17) is 16.7 Å². The summed E-state index contributed by atoms with van der Waals surface area (Å²) in [6.07, 6.45) is 0. The molecule has 5 nitrogen and oxygen atoms in total. The molecule has 1 heterocycles. The zero-order valence-electron chi connectivity index (χ0n) is 10.1. The lowest BCUT2D eigenvalue weighted by molar-refractivity contribution is -0.140. The molecule has 1 rings (SSSR count). The van der Waals surface area contributed by atoms with Crippen molar-refractivity contribution < 1.29 is 14.7 Å². The summed E-state index contributed by atoms with van der Waals surface area (Å²) in [6, 6.07) is 3.06. The van der Waals surface area contributed by atoms with Gasteiger partial charge in [0, 0.05) is 11.4 Å². The van der Waals surface area contributed by atoms with Crippen LogP contribution in [-0.2, 0) is 4.79 Å². The van der Waals surface area contributed by atoms with Gasteiger partial charge in [0.05, 0.1) is 16.3 Å². The molecular formula is C11H15ClN2O3S. The van der Waals surface area contributed by atoms with Crippen molar-refractivity contribution in [3.63, 3.8) is 0 Å². The summed E-state index contributed by atoms with van der Waals surface area (Å²) in [6.45, 7) is 3.46. The van der Waals surface area contributed by atoms with Crippen LogP contribution in [0, 0.1) is 5.92 Å². The Labute approximate surface area is 114 Å². The molecule has 0 aliphatic heterocycles. The molecule has 3 N–H and O–H groups in total. The van der Waals surface area contributed by atoms with Gasteiger partial charge in [0.25, 0.3) is 0 Å². The molecule has 2 amide bonds. The number of carboxylic acid groups (broad SMARTS) is 1. The Morgan fingerprint density at radius 2 is 2.11 bits per heavy atom. The van der Waals surface area contributed by atoms with Gasteiger partial charge < -0.3 is 15.7 Å². The van der Waals surface area contributed by atoms with Gasteiger partial charge in [0.2, 0.25) is 0 Å². The number of nitrogens with one attached hydrogen (secondary N) is 2. The first-order valence-electron chi connectivity index (χ1n) is 5.42. The molecule has 0 aliphatic rings. The van der Waals surface area contributed by atoms with Crippen molar-refractivity contribution in [3.8, 4) is 0 Å². The minimum atomic E-state index is -0.937. The van der Waals surface area contributed by atoms with Gasteiger partial charge in [-0.25, -0.2) is 4.79 Å². The van der Waals surface area contributed by atoms with Crippen molar-refractivity contribution in [2.45, 2.75) is 19.9 Å². The smallest absolute Gasteiger partial charge is 0.315 e. The number of carboxylic acids is 1. The monoisotopic (exact) mass is 290 g/mol. The van der Waals surface area contributed by atoms with Crippen molar-refractivity contribution in [2.24, 2.45) is 5.92 Å². The molecule has 2 unspecified atom stereocenters. The minimum absolute atomic E-state index is 0.0963. The SMILES string of the molecule is CC(CNC(=O)NC(C)c1ccc(Cl)s1)C(=O)O. The van der Waals surface area contributed by atoms with Crippen LogP contribution < -0.4 is 10.6 Å². The van der Waals surface area contributed by atoms with Gasteiger partial charge in [0.15, 0.2) is 0 Å². The van der Waals surface area contributed by atoms with E-state index < -0.39 is 11.9 Å². The molecule has 0 bridgehead atoms. The molecule has 0 fully saturated rings. The lowest BCUT2D eigenvalue weighted by Gasteiger charge is -2.14. The number of carbonyl (C=O) groups excluding carboxylic acids is 1. The number of rotatable bonds is 5. The number of halogens is 1. The molecule has 1 aromatic rings. The van der Waals surface area contributed by atoms with Crippen LogP contribution in [0.1, 0.15) is 24.8 Å². The van der Waals surface area contributed by atoms with E-state index in [1.807, 2.05) is 13.0 Å². The maximum Gasteiger partial charge on any atom is 0.315 e. The van der Waals surface area contributed by atoms with E-state index in [2.05, 4.69) is 10.6 Å². The largest absolute Gasteiger partial charge is 0.481 e. The summed E-state index contributed by atoms with van der Waals surface area (Å²) in [4.78, 5) is 23.0. The van der Waals surface area contributed by atoms with Crippen molar-refractivity contribution in [1.29, 1.82) is 0 Å². The van der Waals surface area contributed by atoms with Crippen LogP contribution >= 0.6 is 22.9 Å². The molecule has 0 spiro atoms. The summed E-state index contributed by atoms with van der Waals surface area (Å²) in [5.41, 5.74) is 0.